The summed E-state index contributed by atoms with van der Waals surface area (Å²) in [6.07, 6.45) is 1.57. The maximum Gasteiger partial charge on any atom is 0.317 e. The van der Waals surface area contributed by atoms with Crippen LogP contribution in [0.4, 0.5) is 10.1 Å². The minimum Gasteiger partial charge on any atom is -0.495 e. The molecule has 1 amide bonds. The molecule has 3 aromatic rings. The van der Waals surface area contributed by atoms with Gasteiger partial charge in [-0.05, 0) is 55.2 Å². The zero-order chi connectivity index (χ0) is 24.1. The lowest BCUT2D eigenvalue weighted by atomic mass is 9.79. The Balaban J connectivity index is 1.66. The number of carbonyl (C=O) groups is 2. The molecule has 3 aromatic carbocycles. The van der Waals surface area contributed by atoms with Crippen LogP contribution < -0.4 is 10.1 Å². The standard InChI is InChI=1S/C28H28FNO4/c1-19-13-14-24(33-2)23(17-19)30-26(31)25(20-9-4-3-5-10-20)34-27(32)28(15-6-7-16-28)21-11-8-12-22(29)18-21/h3-5,8-14,17-18,25H,6-7,15-16H2,1-2H3,(H,30,31). The van der Waals surface area contributed by atoms with Crippen LogP contribution in [0.25, 0.3) is 0 Å². The molecule has 0 radical (unpaired) electrons. The van der Waals surface area contributed by atoms with Gasteiger partial charge in [-0.15, -0.1) is 0 Å². The zero-order valence-electron chi connectivity index (χ0n) is 19.3. The molecular formula is C28H28FNO4. The molecule has 1 saturated carbocycles. The van der Waals surface area contributed by atoms with Crippen molar-refractivity contribution in [1.29, 1.82) is 0 Å². The number of anilines is 1. The largest absolute Gasteiger partial charge is 0.495 e. The quantitative estimate of drug-likeness (QED) is 0.447. The van der Waals surface area contributed by atoms with E-state index in [1.54, 1.807) is 48.5 Å². The fourth-order valence-corrected chi connectivity index (χ4v) is 4.61. The highest BCUT2D eigenvalue weighted by atomic mass is 19.1. The summed E-state index contributed by atoms with van der Waals surface area (Å²) in [7, 11) is 1.53. The van der Waals surface area contributed by atoms with E-state index in [-0.39, 0.29) is 0 Å². The molecule has 1 N–H and O–H groups in total. The minimum absolute atomic E-state index is 0.402. The van der Waals surface area contributed by atoms with Crippen molar-refractivity contribution in [2.24, 2.45) is 0 Å². The first-order valence-electron chi connectivity index (χ1n) is 11.4. The van der Waals surface area contributed by atoms with E-state index in [1.807, 2.05) is 19.1 Å². The molecule has 34 heavy (non-hydrogen) atoms. The number of hydrogen-bond acceptors (Lipinski definition) is 4. The first kappa shape index (κ1) is 23.5. The average molecular weight is 462 g/mol. The molecule has 0 heterocycles. The van der Waals surface area contributed by atoms with Gasteiger partial charge in [0.15, 0.2) is 0 Å². The van der Waals surface area contributed by atoms with Crippen molar-refractivity contribution in [2.75, 3.05) is 12.4 Å². The lowest BCUT2D eigenvalue weighted by Gasteiger charge is -2.30. The molecule has 4 rings (SSSR count). The SMILES string of the molecule is COc1ccc(C)cc1NC(=O)C(OC(=O)C1(c2cccc(F)c2)CCCC1)c1ccccc1. The number of aryl methyl sites for hydroxylation is 1. The summed E-state index contributed by atoms with van der Waals surface area (Å²) in [4.78, 5) is 27.1. The Morgan fingerprint density at radius 2 is 1.71 bits per heavy atom. The van der Waals surface area contributed by atoms with Gasteiger partial charge in [-0.1, -0.05) is 61.4 Å². The number of nitrogens with one attached hydrogen (secondary N) is 1. The molecule has 0 bridgehead atoms. The van der Waals surface area contributed by atoms with Crippen molar-refractivity contribution in [1.82, 2.24) is 0 Å². The van der Waals surface area contributed by atoms with Crippen molar-refractivity contribution in [3.05, 3.63) is 95.3 Å². The molecule has 5 nitrogen and oxygen atoms in total. The maximum atomic E-state index is 14.0. The molecule has 0 aromatic heterocycles. The fraction of sp³-hybridized carbons (Fsp3) is 0.286. The average Bonchev–Trinajstić information content (AvgIpc) is 3.34. The third-order valence-corrected chi connectivity index (χ3v) is 6.40. The van der Waals surface area contributed by atoms with E-state index in [9.17, 15) is 14.0 Å². The Morgan fingerprint density at radius 3 is 2.38 bits per heavy atom. The summed E-state index contributed by atoms with van der Waals surface area (Å²) < 4.78 is 25.3. The van der Waals surface area contributed by atoms with Gasteiger partial charge < -0.3 is 14.8 Å². The predicted molar refractivity (Wildman–Crippen MR) is 128 cm³/mol. The van der Waals surface area contributed by atoms with Gasteiger partial charge >= 0.3 is 5.97 Å². The number of carbonyl (C=O) groups excluding carboxylic acids is 2. The summed E-state index contributed by atoms with van der Waals surface area (Å²) in [5.74, 6) is -0.906. The summed E-state index contributed by atoms with van der Waals surface area (Å²) in [6.45, 7) is 1.91. The third kappa shape index (κ3) is 4.81. The highest BCUT2D eigenvalue weighted by molar-refractivity contribution is 5.98. The van der Waals surface area contributed by atoms with Crippen molar-refractivity contribution in [3.8, 4) is 5.75 Å². The summed E-state index contributed by atoms with van der Waals surface area (Å²) >= 11 is 0. The van der Waals surface area contributed by atoms with Gasteiger partial charge in [0, 0.05) is 5.56 Å². The minimum atomic E-state index is -1.18. The lowest BCUT2D eigenvalue weighted by Crippen LogP contribution is -2.38. The van der Waals surface area contributed by atoms with Crippen LogP contribution in [-0.2, 0) is 19.7 Å². The van der Waals surface area contributed by atoms with Gasteiger partial charge in [-0.2, -0.15) is 0 Å². The number of halogens is 1. The highest BCUT2D eigenvalue weighted by Crippen LogP contribution is 2.43. The topological polar surface area (TPSA) is 64.6 Å². The number of methoxy groups -OCH3 is 1. The smallest absolute Gasteiger partial charge is 0.317 e. The molecule has 1 fully saturated rings. The molecule has 1 atom stereocenters. The summed E-state index contributed by atoms with van der Waals surface area (Å²) in [5, 5.41) is 2.86. The van der Waals surface area contributed by atoms with E-state index >= 15 is 0 Å². The molecule has 6 heteroatoms. The molecule has 1 unspecified atom stereocenters. The van der Waals surface area contributed by atoms with Gasteiger partial charge in [0.1, 0.15) is 11.6 Å². The van der Waals surface area contributed by atoms with Crippen LogP contribution >= 0.6 is 0 Å². The first-order valence-corrected chi connectivity index (χ1v) is 11.4. The number of amides is 1. The summed E-state index contributed by atoms with van der Waals surface area (Å²) in [6, 6.07) is 20.4. The van der Waals surface area contributed by atoms with Gasteiger partial charge in [0.05, 0.1) is 18.2 Å². The van der Waals surface area contributed by atoms with Crippen molar-refractivity contribution in [2.45, 2.75) is 44.1 Å². The molecule has 1 aliphatic rings. The van der Waals surface area contributed by atoms with Crippen LogP contribution in [0, 0.1) is 12.7 Å². The second-order valence-electron chi connectivity index (χ2n) is 8.69. The lowest BCUT2D eigenvalue weighted by molar-refractivity contribution is -0.160. The normalized spacial score (nSPS) is 15.4. The summed E-state index contributed by atoms with van der Waals surface area (Å²) in [5.41, 5.74) is 1.59. The Morgan fingerprint density at radius 1 is 0.971 bits per heavy atom. The van der Waals surface area contributed by atoms with Crippen LogP contribution in [-0.4, -0.2) is 19.0 Å². The number of ether oxygens (including phenoxy) is 2. The van der Waals surface area contributed by atoms with Crippen molar-refractivity contribution < 1.29 is 23.5 Å². The molecular weight excluding hydrogens is 433 g/mol. The molecule has 176 valence electrons. The number of esters is 1. The van der Waals surface area contributed by atoms with E-state index in [0.717, 1.165) is 18.4 Å². The third-order valence-electron chi connectivity index (χ3n) is 6.40. The highest BCUT2D eigenvalue weighted by Gasteiger charge is 2.46. The van der Waals surface area contributed by atoms with Crippen LogP contribution in [0.3, 0.4) is 0 Å². The van der Waals surface area contributed by atoms with Gasteiger partial charge in [-0.3, -0.25) is 9.59 Å². The maximum absolute atomic E-state index is 14.0. The second kappa shape index (κ2) is 10.1. The Labute approximate surface area is 198 Å². The first-order chi connectivity index (χ1) is 16.4. The van der Waals surface area contributed by atoms with Crippen molar-refractivity contribution in [3.63, 3.8) is 0 Å². The van der Waals surface area contributed by atoms with Crippen molar-refractivity contribution >= 4 is 17.6 Å². The monoisotopic (exact) mass is 461 g/mol. The van der Waals surface area contributed by atoms with Crippen LogP contribution in [0.5, 0.6) is 5.75 Å². The van der Waals surface area contributed by atoms with Gasteiger partial charge in [0.2, 0.25) is 6.10 Å². The predicted octanol–water partition coefficient (Wildman–Crippen LogP) is 5.88. The number of hydrogen-bond donors (Lipinski definition) is 1. The number of benzene rings is 3. The Hall–Kier alpha value is -3.67. The molecule has 0 aliphatic heterocycles. The van der Waals surface area contributed by atoms with E-state index < -0.39 is 29.2 Å². The van der Waals surface area contributed by atoms with Crippen LogP contribution in [0.15, 0.2) is 72.8 Å². The van der Waals surface area contributed by atoms with E-state index in [4.69, 9.17) is 9.47 Å². The fourth-order valence-electron chi connectivity index (χ4n) is 4.61. The molecule has 0 spiro atoms. The van der Waals surface area contributed by atoms with Gasteiger partial charge in [0.25, 0.3) is 5.91 Å². The van der Waals surface area contributed by atoms with Crippen LogP contribution in [0.1, 0.15) is 48.5 Å². The zero-order valence-corrected chi connectivity index (χ0v) is 19.3. The molecule has 0 saturated heterocycles. The van der Waals surface area contributed by atoms with Gasteiger partial charge in [-0.25, -0.2) is 4.39 Å². The Kier molecular flexibility index (Phi) is 6.96. The van der Waals surface area contributed by atoms with Crippen LogP contribution in [0.2, 0.25) is 0 Å². The van der Waals surface area contributed by atoms with E-state index in [2.05, 4.69) is 5.32 Å². The second-order valence-corrected chi connectivity index (χ2v) is 8.69. The van der Waals surface area contributed by atoms with E-state index in [0.29, 0.717) is 35.4 Å². The number of rotatable bonds is 7. The Bertz CT molecular complexity index is 1170. The van der Waals surface area contributed by atoms with E-state index in [1.165, 1.54) is 19.2 Å². The molecule has 1 aliphatic carbocycles.